The number of hydrogen-bond donors (Lipinski definition) is 0. The fourth-order valence-electron chi connectivity index (χ4n) is 0.918. The molecule has 0 radical (unpaired) electrons. The monoisotopic (exact) mass is 145 g/mol. The van der Waals surface area contributed by atoms with Crippen LogP contribution in [0.1, 0.15) is 2.85 Å². The molecule has 48 valence electrons. The van der Waals surface area contributed by atoms with Crippen molar-refractivity contribution in [3.8, 4) is 10.4 Å². The van der Waals surface area contributed by atoms with E-state index in [1.165, 1.54) is 10.4 Å². The summed E-state index contributed by atoms with van der Waals surface area (Å²) in [5.74, 6) is 0. The molecular weight excluding hydrogens is 137 g/mol. The molecule has 1 heterocycles. The molecular formula is C8H8BeS. The van der Waals surface area contributed by atoms with Gasteiger partial charge < -0.3 is 2.85 Å². The third-order valence-electron chi connectivity index (χ3n) is 1.36. The van der Waals surface area contributed by atoms with Gasteiger partial charge in [-0.05, 0) is 17.0 Å². The van der Waals surface area contributed by atoms with E-state index < -0.39 is 0 Å². The molecule has 1 aliphatic carbocycles. The second-order valence-electron chi connectivity index (χ2n) is 1.96. The van der Waals surface area contributed by atoms with Gasteiger partial charge >= 0.3 is 10.1 Å². The van der Waals surface area contributed by atoms with Crippen LogP contribution in [0.2, 0.25) is 0 Å². The van der Waals surface area contributed by atoms with Crippen molar-refractivity contribution in [1.82, 2.24) is 0 Å². The summed E-state index contributed by atoms with van der Waals surface area (Å²) in [6, 6.07) is 10.6. The van der Waals surface area contributed by atoms with Crippen LogP contribution in [0.15, 0.2) is 35.7 Å². The second-order valence-corrected chi connectivity index (χ2v) is 2.91. The van der Waals surface area contributed by atoms with Gasteiger partial charge in [0, 0.05) is 4.88 Å². The van der Waals surface area contributed by atoms with Crippen LogP contribution in [-0.4, -0.2) is 10.1 Å². The predicted molar refractivity (Wildman–Crippen MR) is 48.9 cm³/mol. The molecule has 0 saturated carbocycles. The minimum absolute atomic E-state index is 0. The predicted octanol–water partition coefficient (Wildman–Crippen LogP) is 2.70. The average Bonchev–Trinajstić information content (AvgIpc) is 2.33. The Morgan fingerprint density at radius 3 is 2.70 bits per heavy atom. The molecule has 0 fully saturated rings. The molecule has 0 aromatic heterocycles. The van der Waals surface area contributed by atoms with Gasteiger partial charge in [-0.2, -0.15) is 0 Å². The smallest absolute Gasteiger partial charge is 1.00 e. The summed E-state index contributed by atoms with van der Waals surface area (Å²) in [6.07, 6.45) is 0. The van der Waals surface area contributed by atoms with Crippen LogP contribution in [-0.2, 0) is 0 Å². The van der Waals surface area contributed by atoms with E-state index in [4.69, 9.17) is 0 Å². The zero-order chi connectivity index (χ0) is 6.10. The average molecular weight is 145 g/mol. The Morgan fingerprint density at radius 2 is 1.90 bits per heavy atom. The van der Waals surface area contributed by atoms with E-state index in [9.17, 15) is 0 Å². The molecule has 0 aromatic carbocycles. The van der Waals surface area contributed by atoms with E-state index in [1.807, 2.05) is 0 Å². The van der Waals surface area contributed by atoms with Crippen LogP contribution < -0.4 is 0 Å². The zero-order valence-electron chi connectivity index (χ0n) is 7.58. The molecule has 0 unspecified atom stereocenters. The Labute approximate surface area is 71.0 Å². The van der Waals surface area contributed by atoms with E-state index in [2.05, 4.69) is 35.7 Å². The summed E-state index contributed by atoms with van der Waals surface area (Å²) in [5.41, 5.74) is 1.35. The maximum Gasteiger partial charge on any atom is 2.00 e. The quantitative estimate of drug-likeness (QED) is 0.500. The minimum Gasteiger partial charge on any atom is -1.00 e. The zero-order valence-corrected chi connectivity index (χ0v) is 6.40. The molecule has 0 N–H and O–H groups in total. The van der Waals surface area contributed by atoms with Crippen LogP contribution in [0.4, 0.5) is 0 Å². The third-order valence-corrected chi connectivity index (χ3v) is 2.28. The summed E-state index contributed by atoms with van der Waals surface area (Å²) in [7, 11) is 0. The van der Waals surface area contributed by atoms with Crippen molar-refractivity contribution < 1.29 is 2.85 Å². The van der Waals surface area contributed by atoms with Gasteiger partial charge in [-0.3, -0.25) is 0 Å². The van der Waals surface area contributed by atoms with Gasteiger partial charge in [0.15, 0.2) is 0 Å². The molecule has 10 heavy (non-hydrogen) atoms. The summed E-state index contributed by atoms with van der Waals surface area (Å²) < 4.78 is 0. The van der Waals surface area contributed by atoms with Crippen molar-refractivity contribution >= 4 is 21.5 Å². The number of rotatable bonds is 0. The molecule has 2 aliphatic rings. The van der Waals surface area contributed by atoms with Gasteiger partial charge in [0.2, 0.25) is 0 Å². The fourth-order valence-corrected chi connectivity index (χ4v) is 1.65. The maximum absolute atomic E-state index is 2.14. The number of hydrogen-bond acceptors (Lipinski definition) is 1. The van der Waals surface area contributed by atoms with Crippen molar-refractivity contribution in [3.05, 3.63) is 35.7 Å². The van der Waals surface area contributed by atoms with Crippen molar-refractivity contribution in [1.29, 1.82) is 0 Å². The van der Waals surface area contributed by atoms with E-state index in [0.29, 0.717) is 0 Å². The van der Waals surface area contributed by atoms with Gasteiger partial charge in [0.25, 0.3) is 0 Å². The van der Waals surface area contributed by atoms with Crippen LogP contribution in [0.25, 0.3) is 10.4 Å². The first-order valence-corrected chi connectivity index (χ1v) is 3.77. The van der Waals surface area contributed by atoms with Gasteiger partial charge in [0.1, 0.15) is 0 Å². The Balaban J connectivity index is 0. The first-order valence-electron chi connectivity index (χ1n) is 2.89. The molecule has 0 amide bonds. The van der Waals surface area contributed by atoms with Crippen LogP contribution >= 0.6 is 11.3 Å². The van der Waals surface area contributed by atoms with Gasteiger partial charge in [-0.1, -0.05) is 24.3 Å². The normalized spacial score (nSPS) is 9.20. The van der Waals surface area contributed by atoms with Gasteiger partial charge in [-0.25, -0.2) is 0 Å². The Hall–Kier alpha value is -0.651. The van der Waals surface area contributed by atoms with Crippen molar-refractivity contribution in [2.45, 2.75) is 0 Å². The second kappa shape index (κ2) is 2.96. The fraction of sp³-hybridized carbons (Fsp3) is 0. The SMILES string of the molecule is [Be+2].[H-].[H-].c1csc2cccc-2c1. The van der Waals surface area contributed by atoms with Crippen molar-refractivity contribution in [2.24, 2.45) is 0 Å². The first kappa shape index (κ1) is 7.46. The Kier molecular flexibility index (Phi) is 2.20. The van der Waals surface area contributed by atoms with Gasteiger partial charge in [0.05, 0.1) is 0 Å². The van der Waals surface area contributed by atoms with Crippen molar-refractivity contribution in [2.75, 3.05) is 0 Å². The van der Waals surface area contributed by atoms with Crippen molar-refractivity contribution in [3.63, 3.8) is 0 Å². The molecule has 0 saturated heterocycles. The summed E-state index contributed by atoms with van der Waals surface area (Å²) in [5, 5.41) is 2.10. The molecule has 0 bridgehead atoms. The van der Waals surface area contributed by atoms with E-state index >= 15 is 0 Å². The van der Waals surface area contributed by atoms with E-state index in [-0.39, 0.29) is 13.0 Å². The summed E-state index contributed by atoms with van der Waals surface area (Å²) in [6.45, 7) is 0. The molecule has 1 aliphatic heterocycles. The molecule has 0 nitrogen and oxygen atoms in total. The minimum atomic E-state index is 0. The van der Waals surface area contributed by atoms with E-state index in [1.54, 1.807) is 11.3 Å². The maximum atomic E-state index is 2.14. The Bertz CT molecular complexity index is 257. The topological polar surface area (TPSA) is 0 Å². The molecule has 0 spiro atoms. The molecule has 2 rings (SSSR count). The largest absolute Gasteiger partial charge is 2.00 e. The molecule has 2 heteroatoms. The summed E-state index contributed by atoms with van der Waals surface area (Å²) >= 11 is 1.78. The molecule has 0 atom stereocenters. The third kappa shape index (κ3) is 1.11. The van der Waals surface area contributed by atoms with Crippen LogP contribution in [0.5, 0.6) is 0 Å². The molecule has 0 aromatic rings. The first-order chi connectivity index (χ1) is 4.47. The van der Waals surface area contributed by atoms with Gasteiger partial charge in [-0.15, -0.1) is 11.3 Å². The van der Waals surface area contributed by atoms with Crippen LogP contribution in [0, 0.1) is 0 Å². The standard InChI is InChI=1S/C8H6S.Be.2H/c1-3-7-4-2-6-9-8(7)5-1;;;/h1-6H;;;/q;+2;2*-1. The van der Waals surface area contributed by atoms with E-state index in [0.717, 1.165) is 0 Å². The summed E-state index contributed by atoms with van der Waals surface area (Å²) in [4.78, 5) is 1.37. The number of fused-ring (bicyclic) bond motifs is 1. The Morgan fingerprint density at radius 1 is 1.10 bits per heavy atom. The van der Waals surface area contributed by atoms with Crippen LogP contribution in [0.3, 0.4) is 0 Å².